The number of benzene rings is 1. The smallest absolute Gasteiger partial charge is 0.130 e. The minimum Gasteiger partial charge on any atom is -0.396 e. The fourth-order valence-electron chi connectivity index (χ4n) is 3.09. The Balaban J connectivity index is 0.00000242. The Labute approximate surface area is 146 Å². The van der Waals surface area contributed by atoms with E-state index in [1.807, 2.05) is 19.9 Å². The van der Waals surface area contributed by atoms with Gasteiger partial charge in [0.15, 0.2) is 0 Å². The van der Waals surface area contributed by atoms with Crippen LogP contribution in [0.15, 0.2) is 16.6 Å². The molecule has 1 aromatic carbocycles. The first-order chi connectivity index (χ1) is 9.86. The van der Waals surface area contributed by atoms with Gasteiger partial charge in [-0.25, -0.2) is 4.39 Å². The van der Waals surface area contributed by atoms with E-state index in [4.69, 9.17) is 0 Å². The Hall–Kier alpha value is -0.200. The van der Waals surface area contributed by atoms with E-state index in [0.29, 0.717) is 11.1 Å². The van der Waals surface area contributed by atoms with Gasteiger partial charge in [-0.3, -0.25) is 4.90 Å². The summed E-state index contributed by atoms with van der Waals surface area (Å²) in [6, 6.07) is 3.51. The van der Waals surface area contributed by atoms with Crippen LogP contribution in [0.5, 0.6) is 0 Å². The van der Waals surface area contributed by atoms with Gasteiger partial charge in [0.05, 0.1) is 0 Å². The van der Waals surface area contributed by atoms with Crippen LogP contribution < -0.4 is 5.32 Å². The summed E-state index contributed by atoms with van der Waals surface area (Å²) >= 11 is 3.47. The predicted molar refractivity (Wildman–Crippen MR) is 94.1 cm³/mol. The predicted octanol–water partition coefficient (Wildman–Crippen LogP) is 3.28. The molecule has 1 heterocycles. The number of aryl methyl sites for hydroxylation is 1. The largest absolute Gasteiger partial charge is 0.396 e. The third-order valence-corrected chi connectivity index (χ3v) is 4.66. The van der Waals surface area contributed by atoms with Crippen LogP contribution in [-0.4, -0.2) is 42.8 Å². The second kappa shape index (κ2) is 8.06. The minimum atomic E-state index is -0.411. The number of hydrogen-bond acceptors (Lipinski definition) is 3. The molecular formula is C16H25BrClFN2O. The maximum atomic E-state index is 14.7. The average Bonchev–Trinajstić information content (AvgIpc) is 2.45. The number of piperazine rings is 1. The van der Waals surface area contributed by atoms with Crippen LogP contribution in [0.3, 0.4) is 0 Å². The zero-order chi connectivity index (χ0) is 15.6. The number of hydrogen-bond donors (Lipinski definition) is 2. The molecular weight excluding hydrogens is 371 g/mol. The molecule has 0 saturated carbocycles. The number of aliphatic hydroxyl groups is 1. The highest BCUT2D eigenvalue weighted by Gasteiger charge is 2.37. The van der Waals surface area contributed by atoms with Crippen LogP contribution in [0.4, 0.5) is 4.39 Å². The molecule has 0 unspecified atom stereocenters. The lowest BCUT2D eigenvalue weighted by atomic mass is 9.79. The second-order valence-corrected chi connectivity index (χ2v) is 7.38. The molecule has 0 aromatic heterocycles. The molecule has 1 aromatic rings. The van der Waals surface area contributed by atoms with Gasteiger partial charge in [-0.1, -0.05) is 29.8 Å². The first-order valence-corrected chi connectivity index (χ1v) is 8.17. The van der Waals surface area contributed by atoms with Crippen LogP contribution in [0.2, 0.25) is 0 Å². The van der Waals surface area contributed by atoms with Crippen molar-refractivity contribution in [2.75, 3.05) is 32.8 Å². The van der Waals surface area contributed by atoms with Crippen molar-refractivity contribution in [2.24, 2.45) is 5.41 Å². The summed E-state index contributed by atoms with van der Waals surface area (Å²) in [5, 5.41) is 13.1. The van der Waals surface area contributed by atoms with Crippen molar-refractivity contribution in [3.8, 4) is 0 Å². The maximum Gasteiger partial charge on any atom is 0.130 e. The molecule has 126 valence electrons. The van der Waals surface area contributed by atoms with Gasteiger partial charge in [-0.15, -0.1) is 12.4 Å². The van der Waals surface area contributed by atoms with Gasteiger partial charge < -0.3 is 10.4 Å². The zero-order valence-electron chi connectivity index (χ0n) is 13.3. The number of rotatable bonds is 4. The number of nitrogens with zero attached hydrogens (tertiary/aromatic N) is 1. The molecule has 0 radical (unpaired) electrons. The van der Waals surface area contributed by atoms with Crippen LogP contribution in [0.25, 0.3) is 0 Å². The molecule has 1 fully saturated rings. The third kappa shape index (κ3) is 4.20. The van der Waals surface area contributed by atoms with E-state index in [1.54, 1.807) is 13.0 Å². The molecule has 0 bridgehead atoms. The first kappa shape index (κ1) is 19.8. The minimum absolute atomic E-state index is 0. The topological polar surface area (TPSA) is 35.5 Å². The van der Waals surface area contributed by atoms with Gasteiger partial charge in [-0.05, 0) is 24.6 Å². The van der Waals surface area contributed by atoms with Gasteiger partial charge in [0.1, 0.15) is 5.82 Å². The highest BCUT2D eigenvalue weighted by atomic mass is 79.9. The molecule has 3 nitrogen and oxygen atoms in total. The monoisotopic (exact) mass is 394 g/mol. The Morgan fingerprint density at radius 3 is 2.50 bits per heavy atom. The van der Waals surface area contributed by atoms with Crippen molar-refractivity contribution in [3.63, 3.8) is 0 Å². The van der Waals surface area contributed by atoms with Gasteiger partial charge in [0.25, 0.3) is 0 Å². The summed E-state index contributed by atoms with van der Waals surface area (Å²) in [7, 11) is 0. The number of aliphatic hydroxyl groups excluding tert-OH is 1. The molecule has 6 heteroatoms. The summed E-state index contributed by atoms with van der Waals surface area (Å²) < 4.78 is 15.6. The van der Waals surface area contributed by atoms with Crippen LogP contribution in [0, 0.1) is 18.2 Å². The SMILES string of the molecule is Cc1cc(Br)cc([C@H](N2CCNCC2)C(C)(C)CO)c1F.Cl. The Morgan fingerprint density at radius 1 is 1.36 bits per heavy atom. The van der Waals surface area contributed by atoms with E-state index >= 15 is 0 Å². The van der Waals surface area contributed by atoms with Crippen molar-refractivity contribution >= 4 is 28.3 Å². The van der Waals surface area contributed by atoms with E-state index in [-0.39, 0.29) is 30.9 Å². The highest BCUT2D eigenvalue weighted by molar-refractivity contribution is 9.10. The summed E-state index contributed by atoms with van der Waals surface area (Å²) in [5.74, 6) is -0.164. The molecule has 22 heavy (non-hydrogen) atoms. The van der Waals surface area contributed by atoms with Gasteiger partial charge in [-0.2, -0.15) is 0 Å². The molecule has 2 rings (SSSR count). The Morgan fingerprint density at radius 2 is 1.95 bits per heavy atom. The lowest BCUT2D eigenvalue weighted by Crippen LogP contribution is -2.49. The van der Waals surface area contributed by atoms with Crippen molar-refractivity contribution in [3.05, 3.63) is 33.5 Å². The first-order valence-electron chi connectivity index (χ1n) is 7.38. The van der Waals surface area contributed by atoms with Crippen molar-refractivity contribution in [2.45, 2.75) is 26.8 Å². The highest BCUT2D eigenvalue weighted by Crippen LogP contribution is 2.40. The molecule has 1 saturated heterocycles. The van der Waals surface area contributed by atoms with Gasteiger partial charge >= 0.3 is 0 Å². The summed E-state index contributed by atoms with van der Waals surface area (Å²) in [5.41, 5.74) is 0.891. The van der Waals surface area contributed by atoms with E-state index < -0.39 is 5.41 Å². The maximum absolute atomic E-state index is 14.7. The quantitative estimate of drug-likeness (QED) is 0.821. The summed E-state index contributed by atoms with van der Waals surface area (Å²) in [6.45, 7) is 9.30. The standard InChI is InChI=1S/C16H24BrFN2O.ClH/c1-11-8-12(17)9-13(14(11)18)15(16(2,3)10-21)20-6-4-19-5-7-20;/h8-9,15,19,21H,4-7,10H2,1-3H3;1H/t15-;/m0./s1. The number of nitrogens with one attached hydrogen (secondary N) is 1. The molecule has 0 aliphatic carbocycles. The molecule has 1 aliphatic heterocycles. The zero-order valence-corrected chi connectivity index (χ0v) is 15.7. The molecule has 0 amide bonds. The van der Waals surface area contributed by atoms with Crippen molar-refractivity contribution < 1.29 is 9.50 Å². The number of halogens is 3. The normalized spacial score (nSPS) is 17.9. The van der Waals surface area contributed by atoms with E-state index in [2.05, 4.69) is 26.1 Å². The molecule has 1 atom stereocenters. The Kier molecular flexibility index (Phi) is 7.27. The fraction of sp³-hybridized carbons (Fsp3) is 0.625. The summed E-state index contributed by atoms with van der Waals surface area (Å²) in [4.78, 5) is 2.27. The van der Waals surface area contributed by atoms with Gasteiger partial charge in [0.2, 0.25) is 0 Å². The lowest BCUT2D eigenvalue weighted by molar-refractivity contribution is 0.0285. The van der Waals surface area contributed by atoms with Crippen LogP contribution in [0.1, 0.15) is 31.0 Å². The lowest BCUT2D eigenvalue weighted by Gasteiger charge is -2.43. The molecule has 1 aliphatic rings. The van der Waals surface area contributed by atoms with Crippen LogP contribution >= 0.6 is 28.3 Å². The van der Waals surface area contributed by atoms with E-state index in [1.165, 1.54) is 0 Å². The average molecular weight is 396 g/mol. The summed E-state index contributed by atoms with van der Waals surface area (Å²) in [6.07, 6.45) is 0. The Bertz CT molecular complexity index is 507. The third-order valence-electron chi connectivity index (χ3n) is 4.21. The van der Waals surface area contributed by atoms with Gasteiger partial charge in [0, 0.05) is 54.3 Å². The van der Waals surface area contributed by atoms with E-state index in [9.17, 15) is 9.50 Å². The van der Waals surface area contributed by atoms with Crippen molar-refractivity contribution in [1.29, 1.82) is 0 Å². The molecule has 2 N–H and O–H groups in total. The van der Waals surface area contributed by atoms with Crippen LogP contribution in [-0.2, 0) is 0 Å². The fourth-order valence-corrected chi connectivity index (χ4v) is 3.68. The molecule has 0 spiro atoms. The van der Waals surface area contributed by atoms with Crippen molar-refractivity contribution in [1.82, 2.24) is 10.2 Å². The second-order valence-electron chi connectivity index (χ2n) is 6.46. The van der Waals surface area contributed by atoms with E-state index in [0.717, 1.165) is 30.7 Å².